The Hall–Kier alpha value is -3.15. The molecule has 6 nitrogen and oxygen atoms in total. The van der Waals surface area contributed by atoms with Gasteiger partial charge in [-0.05, 0) is 75.4 Å². The first kappa shape index (κ1) is 25.9. The third-order valence-corrected chi connectivity index (χ3v) is 7.23. The maximum Gasteiger partial charge on any atom is 0.266 e. The van der Waals surface area contributed by atoms with Gasteiger partial charge in [0.15, 0.2) is 0 Å². The van der Waals surface area contributed by atoms with Crippen LogP contribution in [0.2, 0.25) is 0 Å². The van der Waals surface area contributed by atoms with E-state index in [1.807, 2.05) is 67.3 Å². The molecule has 4 rings (SSSR count). The average molecular weight is 490 g/mol. The molecule has 1 heterocycles. The summed E-state index contributed by atoms with van der Waals surface area (Å²) in [4.78, 5) is 34.6. The lowest BCUT2D eigenvalue weighted by Gasteiger charge is -2.35. The zero-order chi connectivity index (χ0) is 25.7. The molecule has 3 aromatic rings. The molecular weight excluding hydrogens is 450 g/mol. The van der Waals surface area contributed by atoms with Crippen molar-refractivity contribution in [1.29, 1.82) is 0 Å². The molecule has 36 heavy (non-hydrogen) atoms. The van der Waals surface area contributed by atoms with Crippen molar-refractivity contribution in [2.75, 3.05) is 13.2 Å². The zero-order valence-corrected chi connectivity index (χ0v) is 22.1. The number of benzene rings is 2. The van der Waals surface area contributed by atoms with Crippen molar-refractivity contribution < 1.29 is 9.53 Å². The van der Waals surface area contributed by atoms with Crippen molar-refractivity contribution in [2.24, 2.45) is 11.8 Å². The van der Waals surface area contributed by atoms with Gasteiger partial charge in [0.1, 0.15) is 11.6 Å². The Morgan fingerprint density at radius 1 is 1.06 bits per heavy atom. The summed E-state index contributed by atoms with van der Waals surface area (Å²) in [5, 5.41) is 0.565. The molecule has 1 unspecified atom stereocenters. The van der Waals surface area contributed by atoms with Crippen LogP contribution in [0, 0.1) is 11.8 Å². The van der Waals surface area contributed by atoms with Gasteiger partial charge < -0.3 is 9.64 Å². The smallest absolute Gasteiger partial charge is 0.266 e. The summed E-state index contributed by atoms with van der Waals surface area (Å²) < 4.78 is 7.29. The molecule has 1 saturated carbocycles. The Bertz CT molecular complexity index is 1230. The fourth-order valence-corrected chi connectivity index (χ4v) is 5.15. The number of hydrogen-bond acceptors (Lipinski definition) is 4. The summed E-state index contributed by atoms with van der Waals surface area (Å²) >= 11 is 0. The average Bonchev–Trinajstić information content (AvgIpc) is 2.89. The molecule has 1 fully saturated rings. The molecule has 0 aliphatic heterocycles. The number of fused-ring (bicyclic) bond motifs is 1. The third-order valence-electron chi connectivity index (χ3n) is 7.23. The molecule has 1 aliphatic carbocycles. The molecule has 1 aliphatic rings. The molecule has 6 heteroatoms. The Balaban J connectivity index is 1.82. The van der Waals surface area contributed by atoms with E-state index in [2.05, 4.69) is 13.8 Å². The molecular formula is C30H39N3O3. The van der Waals surface area contributed by atoms with Crippen LogP contribution in [0.4, 0.5) is 0 Å². The predicted octanol–water partition coefficient (Wildman–Crippen LogP) is 6.30. The van der Waals surface area contributed by atoms with Gasteiger partial charge in [0, 0.05) is 12.5 Å². The Labute approximate surface area is 214 Å². The van der Waals surface area contributed by atoms with Gasteiger partial charge in [-0.3, -0.25) is 14.2 Å². The summed E-state index contributed by atoms with van der Waals surface area (Å²) in [7, 11) is 0. The number of rotatable bonds is 9. The molecule has 1 atom stereocenters. The van der Waals surface area contributed by atoms with E-state index in [4.69, 9.17) is 9.72 Å². The Morgan fingerprint density at radius 3 is 2.42 bits per heavy atom. The molecule has 0 saturated heterocycles. The van der Waals surface area contributed by atoms with Crippen molar-refractivity contribution in [1.82, 2.24) is 14.5 Å². The minimum atomic E-state index is -0.345. The standard InChI is InChI=1S/C30H39N3O3/c1-5-36-25-17-15-24(16-18-25)33-28(31-27-14-10-9-13-26(27)30(33)35)22(4)32(20-19-21(2)3)29(34)23-11-7-6-8-12-23/h9-10,13-18,21-23H,5-8,11-12,19-20H2,1-4H3. The first-order chi connectivity index (χ1) is 17.4. The first-order valence-corrected chi connectivity index (χ1v) is 13.5. The van der Waals surface area contributed by atoms with Gasteiger partial charge in [-0.2, -0.15) is 0 Å². The van der Waals surface area contributed by atoms with E-state index in [-0.39, 0.29) is 23.4 Å². The van der Waals surface area contributed by atoms with Crippen LogP contribution in [0.3, 0.4) is 0 Å². The van der Waals surface area contributed by atoms with Crippen LogP contribution in [-0.2, 0) is 4.79 Å². The Morgan fingerprint density at radius 2 is 1.75 bits per heavy atom. The van der Waals surface area contributed by atoms with Gasteiger partial charge in [-0.1, -0.05) is 45.2 Å². The summed E-state index contributed by atoms with van der Waals surface area (Å²) in [6.07, 6.45) is 6.21. The van der Waals surface area contributed by atoms with Crippen molar-refractivity contribution in [3.63, 3.8) is 0 Å². The highest BCUT2D eigenvalue weighted by Crippen LogP contribution is 2.30. The van der Waals surface area contributed by atoms with Crippen LogP contribution in [-0.4, -0.2) is 33.5 Å². The quantitative estimate of drug-likeness (QED) is 0.354. The van der Waals surface area contributed by atoms with E-state index in [1.54, 1.807) is 4.57 Å². The van der Waals surface area contributed by atoms with Crippen LogP contribution in [0.1, 0.15) is 78.1 Å². The van der Waals surface area contributed by atoms with Crippen LogP contribution in [0.25, 0.3) is 16.6 Å². The molecule has 1 aromatic heterocycles. The number of amides is 1. The van der Waals surface area contributed by atoms with Crippen molar-refractivity contribution in [2.45, 2.75) is 72.3 Å². The van der Waals surface area contributed by atoms with Crippen molar-refractivity contribution in [3.8, 4) is 11.4 Å². The van der Waals surface area contributed by atoms with Gasteiger partial charge in [0.05, 0.1) is 29.2 Å². The van der Waals surface area contributed by atoms with E-state index in [0.29, 0.717) is 35.8 Å². The van der Waals surface area contributed by atoms with Crippen molar-refractivity contribution >= 4 is 16.8 Å². The number of aromatic nitrogens is 2. The van der Waals surface area contributed by atoms with E-state index < -0.39 is 0 Å². The van der Waals surface area contributed by atoms with Crippen LogP contribution < -0.4 is 10.3 Å². The molecule has 0 radical (unpaired) electrons. The number of carbonyl (C=O) groups excluding carboxylic acids is 1. The maximum absolute atomic E-state index is 13.8. The number of hydrogen-bond donors (Lipinski definition) is 0. The van der Waals surface area contributed by atoms with Gasteiger partial charge in [-0.25, -0.2) is 4.98 Å². The molecule has 1 amide bonds. The molecule has 0 N–H and O–H groups in total. The fourth-order valence-electron chi connectivity index (χ4n) is 5.15. The number of carbonyl (C=O) groups is 1. The highest BCUT2D eigenvalue weighted by molar-refractivity contribution is 5.80. The van der Waals surface area contributed by atoms with E-state index in [1.165, 1.54) is 6.42 Å². The van der Waals surface area contributed by atoms with Gasteiger partial charge >= 0.3 is 0 Å². The van der Waals surface area contributed by atoms with E-state index >= 15 is 0 Å². The molecule has 0 bridgehead atoms. The monoisotopic (exact) mass is 489 g/mol. The summed E-state index contributed by atoms with van der Waals surface area (Å²) in [5.74, 6) is 2.07. The first-order valence-electron chi connectivity index (χ1n) is 13.5. The lowest BCUT2D eigenvalue weighted by Crippen LogP contribution is -2.42. The van der Waals surface area contributed by atoms with Crippen molar-refractivity contribution in [3.05, 3.63) is 64.7 Å². The van der Waals surface area contributed by atoms with E-state index in [9.17, 15) is 9.59 Å². The second-order valence-corrected chi connectivity index (χ2v) is 10.3. The summed E-state index contributed by atoms with van der Waals surface area (Å²) in [5.41, 5.74) is 1.25. The summed E-state index contributed by atoms with van der Waals surface area (Å²) in [6.45, 7) is 9.55. The predicted molar refractivity (Wildman–Crippen MR) is 145 cm³/mol. The minimum absolute atomic E-state index is 0.0551. The van der Waals surface area contributed by atoms with E-state index in [0.717, 1.165) is 43.5 Å². The largest absolute Gasteiger partial charge is 0.494 e. The number of nitrogens with zero attached hydrogens (tertiary/aromatic N) is 3. The number of para-hydroxylation sites is 1. The normalized spacial score (nSPS) is 15.2. The zero-order valence-electron chi connectivity index (χ0n) is 22.1. The molecule has 2 aromatic carbocycles. The lowest BCUT2D eigenvalue weighted by atomic mass is 9.87. The fraction of sp³-hybridized carbons (Fsp3) is 0.500. The second kappa shape index (κ2) is 11.7. The summed E-state index contributed by atoms with van der Waals surface area (Å²) in [6, 6.07) is 14.6. The lowest BCUT2D eigenvalue weighted by molar-refractivity contribution is -0.139. The van der Waals surface area contributed by atoms with Crippen LogP contribution in [0.5, 0.6) is 5.75 Å². The number of ether oxygens (including phenoxy) is 1. The SMILES string of the molecule is CCOc1ccc(-n2c(C(C)N(CCC(C)C)C(=O)C3CCCCC3)nc3ccccc3c2=O)cc1. The second-order valence-electron chi connectivity index (χ2n) is 10.3. The topological polar surface area (TPSA) is 64.4 Å². The molecule has 0 spiro atoms. The maximum atomic E-state index is 13.8. The Kier molecular flexibility index (Phi) is 8.44. The molecule has 192 valence electrons. The van der Waals surface area contributed by atoms with Crippen LogP contribution in [0.15, 0.2) is 53.3 Å². The minimum Gasteiger partial charge on any atom is -0.494 e. The van der Waals surface area contributed by atoms with Crippen LogP contribution >= 0.6 is 0 Å². The highest BCUT2D eigenvalue weighted by atomic mass is 16.5. The van der Waals surface area contributed by atoms with Gasteiger partial charge in [0.2, 0.25) is 5.91 Å². The van der Waals surface area contributed by atoms with Gasteiger partial charge in [0.25, 0.3) is 5.56 Å². The highest BCUT2D eigenvalue weighted by Gasteiger charge is 2.32. The van der Waals surface area contributed by atoms with Gasteiger partial charge in [-0.15, -0.1) is 0 Å². The third kappa shape index (κ3) is 5.63.